The van der Waals surface area contributed by atoms with Gasteiger partial charge in [0.25, 0.3) is 5.56 Å². The molecule has 2 aromatic heterocycles. The number of aromatic amines is 1. The van der Waals surface area contributed by atoms with Gasteiger partial charge in [-0.3, -0.25) is 4.79 Å². The Bertz CT molecular complexity index is 896. The Balaban J connectivity index is 1.48. The summed E-state index contributed by atoms with van der Waals surface area (Å²) in [6, 6.07) is 2.05. The summed E-state index contributed by atoms with van der Waals surface area (Å²) in [5, 5.41) is 0.666. The molecule has 0 bridgehead atoms. The lowest BCUT2D eigenvalue weighted by atomic mass is 9.74. The Hall–Kier alpha value is -1.77. The average Bonchev–Trinajstić information content (AvgIpc) is 3.01. The number of aromatic nitrogens is 3. The molecule has 0 unspecified atom stereocenters. The molecular formula is C18H23ClN6OS. The van der Waals surface area contributed by atoms with Crippen LogP contribution in [-0.2, 0) is 0 Å². The molecule has 2 aliphatic rings. The minimum atomic E-state index is -0.336. The molecule has 1 saturated carbocycles. The molecule has 0 aromatic carbocycles. The molecule has 0 amide bonds. The molecule has 9 heteroatoms. The normalized spacial score (nSPS) is 21.7. The van der Waals surface area contributed by atoms with Gasteiger partial charge in [-0.2, -0.15) is 0 Å². The molecule has 1 aliphatic heterocycles. The van der Waals surface area contributed by atoms with Gasteiger partial charge in [0, 0.05) is 30.2 Å². The van der Waals surface area contributed by atoms with Crippen LogP contribution in [0.15, 0.2) is 33.2 Å². The van der Waals surface area contributed by atoms with Gasteiger partial charge < -0.3 is 21.4 Å². The summed E-state index contributed by atoms with van der Waals surface area (Å²) in [5.74, 6) is 1.13. The van der Waals surface area contributed by atoms with E-state index in [0.29, 0.717) is 27.2 Å². The molecule has 3 heterocycles. The number of H-pyrrole nitrogens is 1. The number of nitrogens with two attached hydrogens (primary N) is 2. The predicted octanol–water partition coefficient (Wildman–Crippen LogP) is 2.65. The van der Waals surface area contributed by atoms with Crippen molar-refractivity contribution in [1.29, 1.82) is 0 Å². The number of halogens is 1. The maximum atomic E-state index is 11.6. The Morgan fingerprint density at radius 3 is 2.78 bits per heavy atom. The van der Waals surface area contributed by atoms with Gasteiger partial charge in [0.05, 0.1) is 6.20 Å². The second kappa shape index (κ2) is 7.33. The minimum Gasteiger partial charge on any atom is -0.381 e. The molecule has 1 spiro atoms. The molecule has 1 saturated heterocycles. The van der Waals surface area contributed by atoms with Crippen LogP contribution in [0.5, 0.6) is 0 Å². The summed E-state index contributed by atoms with van der Waals surface area (Å²) in [6.45, 7) is 1.85. The van der Waals surface area contributed by atoms with E-state index in [2.05, 4.69) is 19.9 Å². The fourth-order valence-electron chi connectivity index (χ4n) is 4.21. The van der Waals surface area contributed by atoms with Crippen LogP contribution < -0.4 is 21.9 Å². The van der Waals surface area contributed by atoms with E-state index >= 15 is 0 Å². The molecular weight excluding hydrogens is 384 g/mol. The second-order valence-electron chi connectivity index (χ2n) is 7.35. The van der Waals surface area contributed by atoms with Crippen molar-refractivity contribution in [2.75, 3.05) is 23.7 Å². The topological polar surface area (TPSA) is 114 Å². The van der Waals surface area contributed by atoms with Crippen LogP contribution in [0.4, 0.5) is 11.6 Å². The summed E-state index contributed by atoms with van der Waals surface area (Å²) in [6.07, 6.45) is 9.10. The number of pyridine rings is 1. The highest BCUT2D eigenvalue weighted by Gasteiger charge is 2.43. The van der Waals surface area contributed by atoms with Gasteiger partial charge in [-0.05, 0) is 37.2 Å². The number of nitrogens with zero attached hydrogens (tertiary/aromatic N) is 3. The van der Waals surface area contributed by atoms with Crippen LogP contribution in [0.3, 0.4) is 0 Å². The van der Waals surface area contributed by atoms with Gasteiger partial charge in [-0.1, -0.05) is 29.8 Å². The maximum Gasteiger partial charge on any atom is 0.267 e. The van der Waals surface area contributed by atoms with Crippen molar-refractivity contribution in [2.24, 2.45) is 11.1 Å². The predicted molar refractivity (Wildman–Crippen MR) is 108 cm³/mol. The maximum absolute atomic E-state index is 11.6. The monoisotopic (exact) mass is 406 g/mol. The van der Waals surface area contributed by atoms with E-state index in [1.165, 1.54) is 24.6 Å². The fraction of sp³-hybridized carbons (Fsp3) is 0.500. The lowest BCUT2D eigenvalue weighted by molar-refractivity contribution is 0.197. The van der Waals surface area contributed by atoms with E-state index < -0.39 is 0 Å². The average molecular weight is 407 g/mol. The first-order chi connectivity index (χ1) is 13.0. The summed E-state index contributed by atoms with van der Waals surface area (Å²) in [7, 11) is 0. The van der Waals surface area contributed by atoms with Crippen molar-refractivity contribution >= 4 is 35.0 Å². The largest absolute Gasteiger partial charge is 0.381 e. The number of piperidine rings is 1. The van der Waals surface area contributed by atoms with Gasteiger partial charge in [0.2, 0.25) is 0 Å². The first kappa shape index (κ1) is 18.6. The van der Waals surface area contributed by atoms with Crippen molar-refractivity contribution in [3.8, 4) is 0 Å². The standard InChI is InChI=1S/C18H23ClN6OS/c19-14-11(3-7-22-16(14)26)27-17-15(21)24-13(10-23-17)25-8-5-18(6-9-25)4-1-2-12(18)20/h3,7,10,12H,1-2,4-6,8-9,20H2,(H2,21,24)(H,22,26)/t12-/m1/s1. The van der Waals surface area contributed by atoms with E-state index in [1.807, 2.05) is 0 Å². The zero-order valence-corrected chi connectivity index (χ0v) is 16.5. The summed E-state index contributed by atoms with van der Waals surface area (Å²) in [5.41, 5.74) is 12.5. The highest BCUT2D eigenvalue weighted by molar-refractivity contribution is 7.99. The summed E-state index contributed by atoms with van der Waals surface area (Å²) < 4.78 is 0. The van der Waals surface area contributed by atoms with Crippen LogP contribution in [0.25, 0.3) is 0 Å². The zero-order chi connectivity index (χ0) is 19.0. The molecule has 4 rings (SSSR count). The first-order valence-electron chi connectivity index (χ1n) is 9.17. The van der Waals surface area contributed by atoms with E-state index in [1.54, 1.807) is 18.5 Å². The third-order valence-electron chi connectivity index (χ3n) is 5.88. The van der Waals surface area contributed by atoms with E-state index in [0.717, 1.165) is 38.2 Å². The molecule has 2 aromatic rings. The SMILES string of the molecule is Nc1nc(N2CCC3(CCC[C@H]3N)CC2)cnc1Sc1cc[nH]c(=O)c1Cl. The quantitative estimate of drug-likeness (QED) is 0.717. The second-order valence-corrected chi connectivity index (χ2v) is 8.76. The number of nitrogen functional groups attached to an aromatic ring is 1. The molecule has 5 N–H and O–H groups in total. The van der Waals surface area contributed by atoms with Crippen LogP contribution in [0, 0.1) is 5.41 Å². The van der Waals surface area contributed by atoms with Gasteiger partial charge in [-0.25, -0.2) is 9.97 Å². The number of hydrogen-bond donors (Lipinski definition) is 3. The van der Waals surface area contributed by atoms with E-state index in [-0.39, 0.29) is 10.6 Å². The molecule has 144 valence electrons. The van der Waals surface area contributed by atoms with Crippen molar-refractivity contribution < 1.29 is 0 Å². The Kier molecular flexibility index (Phi) is 5.05. The van der Waals surface area contributed by atoms with Crippen molar-refractivity contribution in [2.45, 2.75) is 48.1 Å². The zero-order valence-electron chi connectivity index (χ0n) is 14.9. The molecule has 2 fully saturated rings. The van der Waals surface area contributed by atoms with Gasteiger partial charge in [0.1, 0.15) is 15.9 Å². The van der Waals surface area contributed by atoms with Crippen molar-refractivity contribution in [3.63, 3.8) is 0 Å². The lowest BCUT2D eigenvalue weighted by Gasteiger charge is -2.42. The minimum absolute atomic E-state index is 0.127. The van der Waals surface area contributed by atoms with Gasteiger partial charge >= 0.3 is 0 Å². The first-order valence-corrected chi connectivity index (χ1v) is 10.4. The number of nitrogens with one attached hydrogen (secondary N) is 1. The fourth-order valence-corrected chi connectivity index (χ4v) is 5.22. The number of hydrogen-bond acceptors (Lipinski definition) is 7. The van der Waals surface area contributed by atoms with Crippen LogP contribution >= 0.6 is 23.4 Å². The van der Waals surface area contributed by atoms with Crippen molar-refractivity contribution in [1.82, 2.24) is 15.0 Å². The molecule has 1 aliphatic carbocycles. The number of rotatable bonds is 3. The highest BCUT2D eigenvalue weighted by atomic mass is 35.5. The molecule has 0 radical (unpaired) electrons. The lowest BCUT2D eigenvalue weighted by Crippen LogP contribution is -2.47. The smallest absolute Gasteiger partial charge is 0.267 e. The Morgan fingerprint density at radius 2 is 2.11 bits per heavy atom. The molecule has 1 atom stereocenters. The van der Waals surface area contributed by atoms with E-state index in [9.17, 15) is 4.79 Å². The number of anilines is 2. The van der Waals surface area contributed by atoms with E-state index in [4.69, 9.17) is 23.1 Å². The third-order valence-corrected chi connectivity index (χ3v) is 7.44. The Morgan fingerprint density at radius 1 is 1.33 bits per heavy atom. The third kappa shape index (κ3) is 3.53. The highest BCUT2D eigenvalue weighted by Crippen LogP contribution is 2.46. The van der Waals surface area contributed by atoms with Gasteiger partial charge in [0.15, 0.2) is 5.82 Å². The van der Waals surface area contributed by atoms with Crippen LogP contribution in [0.1, 0.15) is 32.1 Å². The van der Waals surface area contributed by atoms with Crippen molar-refractivity contribution in [3.05, 3.63) is 33.8 Å². The Labute approximate surface area is 166 Å². The van der Waals surface area contributed by atoms with Crippen LogP contribution in [0.2, 0.25) is 5.02 Å². The summed E-state index contributed by atoms with van der Waals surface area (Å²) >= 11 is 7.29. The molecule has 7 nitrogen and oxygen atoms in total. The van der Waals surface area contributed by atoms with Gasteiger partial charge in [-0.15, -0.1) is 0 Å². The van der Waals surface area contributed by atoms with Crippen LogP contribution in [-0.4, -0.2) is 34.1 Å². The summed E-state index contributed by atoms with van der Waals surface area (Å²) in [4.78, 5) is 26.0. The molecule has 27 heavy (non-hydrogen) atoms.